The highest BCUT2D eigenvalue weighted by atomic mass is 16.5. The van der Waals surface area contributed by atoms with Gasteiger partial charge in [-0.15, -0.1) is 0 Å². The molecule has 0 aliphatic carbocycles. The number of rotatable bonds is 7. The molecule has 2 amide bonds. The minimum Gasteiger partial charge on any atom is -0.356 e. The maximum Gasteiger partial charge on any atom is 0.254 e. The highest BCUT2D eigenvalue weighted by molar-refractivity contribution is 5.86. The predicted molar refractivity (Wildman–Crippen MR) is 104 cm³/mol. The van der Waals surface area contributed by atoms with Crippen molar-refractivity contribution in [2.24, 2.45) is 0 Å². The lowest BCUT2D eigenvalue weighted by Crippen LogP contribution is -2.53. The molecule has 0 aromatic heterocycles. The Hall–Kier alpha value is -2.66. The second-order valence-electron chi connectivity index (χ2n) is 6.69. The first kappa shape index (κ1) is 19.1. The van der Waals surface area contributed by atoms with Crippen LogP contribution in [0.3, 0.4) is 0 Å². The van der Waals surface area contributed by atoms with E-state index in [1.54, 1.807) is 0 Å². The van der Waals surface area contributed by atoms with E-state index in [1.165, 1.54) is 5.56 Å². The minimum absolute atomic E-state index is 0.0700. The van der Waals surface area contributed by atoms with Crippen LogP contribution in [0.1, 0.15) is 30.5 Å². The molecule has 1 fully saturated rings. The molecule has 2 atom stereocenters. The van der Waals surface area contributed by atoms with Crippen LogP contribution in [-0.4, -0.2) is 42.5 Å². The van der Waals surface area contributed by atoms with Crippen molar-refractivity contribution in [1.82, 2.24) is 10.2 Å². The Morgan fingerprint density at radius 2 is 1.78 bits per heavy atom. The number of hydrogen-bond acceptors (Lipinski definition) is 3. The van der Waals surface area contributed by atoms with Gasteiger partial charge in [0.15, 0.2) is 6.10 Å². The van der Waals surface area contributed by atoms with Crippen LogP contribution >= 0.6 is 0 Å². The minimum atomic E-state index is -0.693. The van der Waals surface area contributed by atoms with Crippen LogP contribution in [0.5, 0.6) is 0 Å². The monoisotopic (exact) mass is 366 g/mol. The number of nitrogens with zero attached hydrogens (tertiary/aromatic N) is 1. The SMILES string of the molecule is CCN(CCCc1ccccc1)C(=O)[C@H]1OCC(=O)N[C@@H]1c1ccccc1. The fraction of sp³-hybridized carbons (Fsp3) is 0.364. The van der Waals surface area contributed by atoms with Crippen molar-refractivity contribution in [3.05, 3.63) is 71.8 Å². The fourth-order valence-electron chi connectivity index (χ4n) is 3.41. The maximum atomic E-state index is 13.1. The molecule has 0 bridgehead atoms. The van der Waals surface area contributed by atoms with Crippen molar-refractivity contribution in [3.8, 4) is 0 Å². The van der Waals surface area contributed by atoms with Crippen molar-refractivity contribution >= 4 is 11.8 Å². The molecule has 5 heteroatoms. The lowest BCUT2D eigenvalue weighted by Gasteiger charge is -2.35. The lowest BCUT2D eigenvalue weighted by molar-refractivity contribution is -0.155. The van der Waals surface area contributed by atoms with E-state index in [4.69, 9.17) is 4.74 Å². The van der Waals surface area contributed by atoms with Crippen molar-refractivity contribution in [2.45, 2.75) is 31.9 Å². The smallest absolute Gasteiger partial charge is 0.254 e. The zero-order valence-electron chi connectivity index (χ0n) is 15.6. The normalized spacial score (nSPS) is 19.4. The van der Waals surface area contributed by atoms with Crippen molar-refractivity contribution < 1.29 is 14.3 Å². The molecular weight excluding hydrogens is 340 g/mol. The molecule has 0 spiro atoms. The third-order valence-electron chi connectivity index (χ3n) is 4.85. The average molecular weight is 366 g/mol. The summed E-state index contributed by atoms with van der Waals surface area (Å²) in [5, 5.41) is 2.91. The van der Waals surface area contributed by atoms with Crippen LogP contribution in [0.15, 0.2) is 60.7 Å². The van der Waals surface area contributed by atoms with Gasteiger partial charge in [-0.05, 0) is 30.9 Å². The summed E-state index contributed by atoms with van der Waals surface area (Å²) in [5.74, 6) is -0.264. The van der Waals surface area contributed by atoms with Gasteiger partial charge in [-0.3, -0.25) is 9.59 Å². The number of ether oxygens (including phenoxy) is 1. The molecule has 0 radical (unpaired) electrons. The fourth-order valence-corrected chi connectivity index (χ4v) is 3.41. The predicted octanol–water partition coefficient (Wildman–Crippen LogP) is 2.72. The Morgan fingerprint density at radius 3 is 2.44 bits per heavy atom. The topological polar surface area (TPSA) is 58.6 Å². The number of nitrogens with one attached hydrogen (secondary N) is 1. The Balaban J connectivity index is 1.66. The van der Waals surface area contributed by atoms with Crippen LogP contribution in [0.4, 0.5) is 0 Å². The Morgan fingerprint density at radius 1 is 1.11 bits per heavy atom. The number of likely N-dealkylation sites (N-methyl/N-ethyl adjacent to an activating group) is 1. The summed E-state index contributed by atoms with van der Waals surface area (Å²) in [4.78, 5) is 26.8. The molecule has 1 N–H and O–H groups in total. The van der Waals surface area contributed by atoms with Gasteiger partial charge in [0.05, 0.1) is 6.04 Å². The second-order valence-corrected chi connectivity index (χ2v) is 6.69. The standard InChI is InChI=1S/C22H26N2O3/c1-2-24(15-9-12-17-10-5-3-6-11-17)22(26)21-20(23-19(25)16-27-21)18-13-7-4-8-14-18/h3-8,10-11,13-14,20-21H,2,9,12,15-16H2,1H3,(H,23,25)/t20-,21+/m1/s1. The summed E-state index contributed by atoms with van der Waals surface area (Å²) in [5.41, 5.74) is 2.15. The summed E-state index contributed by atoms with van der Waals surface area (Å²) < 4.78 is 5.66. The molecule has 1 aliphatic rings. The van der Waals surface area contributed by atoms with Gasteiger partial charge in [0, 0.05) is 13.1 Å². The van der Waals surface area contributed by atoms with E-state index in [2.05, 4.69) is 17.4 Å². The van der Waals surface area contributed by atoms with Gasteiger partial charge in [0.25, 0.3) is 5.91 Å². The van der Waals surface area contributed by atoms with Crippen LogP contribution < -0.4 is 5.32 Å². The Labute approximate surface area is 160 Å². The van der Waals surface area contributed by atoms with E-state index in [1.807, 2.05) is 60.4 Å². The van der Waals surface area contributed by atoms with Crippen molar-refractivity contribution in [1.29, 1.82) is 0 Å². The van der Waals surface area contributed by atoms with Gasteiger partial charge in [0.2, 0.25) is 5.91 Å². The van der Waals surface area contributed by atoms with Crippen LogP contribution in [0, 0.1) is 0 Å². The zero-order chi connectivity index (χ0) is 19.1. The van der Waals surface area contributed by atoms with E-state index < -0.39 is 12.1 Å². The third kappa shape index (κ3) is 4.95. The molecule has 1 saturated heterocycles. The molecule has 5 nitrogen and oxygen atoms in total. The number of amides is 2. The Bertz CT molecular complexity index is 749. The highest BCUT2D eigenvalue weighted by Crippen LogP contribution is 2.24. The third-order valence-corrected chi connectivity index (χ3v) is 4.85. The van der Waals surface area contributed by atoms with E-state index in [-0.39, 0.29) is 18.4 Å². The number of benzene rings is 2. The molecule has 1 aliphatic heterocycles. The van der Waals surface area contributed by atoms with E-state index >= 15 is 0 Å². The van der Waals surface area contributed by atoms with Gasteiger partial charge in [-0.2, -0.15) is 0 Å². The van der Waals surface area contributed by atoms with Crippen LogP contribution in [0.25, 0.3) is 0 Å². The summed E-state index contributed by atoms with van der Waals surface area (Å²) in [6.45, 7) is 3.17. The highest BCUT2D eigenvalue weighted by Gasteiger charge is 2.37. The van der Waals surface area contributed by atoms with Crippen LogP contribution in [-0.2, 0) is 20.7 Å². The summed E-state index contributed by atoms with van der Waals surface area (Å²) in [6, 6.07) is 19.3. The Kier molecular flexibility index (Phi) is 6.60. The molecular formula is C22H26N2O3. The van der Waals surface area contributed by atoms with Gasteiger partial charge >= 0.3 is 0 Å². The number of aryl methyl sites for hydroxylation is 1. The molecule has 0 unspecified atom stereocenters. The number of carbonyl (C=O) groups excluding carboxylic acids is 2. The number of carbonyl (C=O) groups is 2. The maximum absolute atomic E-state index is 13.1. The molecule has 2 aromatic rings. The molecule has 1 heterocycles. The van der Waals surface area contributed by atoms with Gasteiger partial charge < -0.3 is 15.0 Å². The molecule has 142 valence electrons. The van der Waals surface area contributed by atoms with Crippen molar-refractivity contribution in [2.75, 3.05) is 19.7 Å². The molecule has 27 heavy (non-hydrogen) atoms. The molecule has 0 saturated carbocycles. The first-order valence-electron chi connectivity index (χ1n) is 9.47. The summed E-state index contributed by atoms with van der Waals surface area (Å²) in [6.07, 6.45) is 1.12. The average Bonchev–Trinajstić information content (AvgIpc) is 2.72. The van der Waals surface area contributed by atoms with Gasteiger partial charge in [0.1, 0.15) is 6.61 Å². The molecule has 2 aromatic carbocycles. The number of morpholine rings is 1. The van der Waals surface area contributed by atoms with Crippen molar-refractivity contribution in [3.63, 3.8) is 0 Å². The second kappa shape index (κ2) is 9.33. The van der Waals surface area contributed by atoms with Crippen LogP contribution in [0.2, 0.25) is 0 Å². The first-order chi connectivity index (χ1) is 13.2. The lowest BCUT2D eigenvalue weighted by atomic mass is 9.98. The van der Waals surface area contributed by atoms with E-state index in [0.717, 1.165) is 18.4 Å². The quantitative estimate of drug-likeness (QED) is 0.820. The number of hydrogen-bond donors (Lipinski definition) is 1. The zero-order valence-corrected chi connectivity index (χ0v) is 15.6. The summed E-state index contributed by atoms with van der Waals surface area (Å²) in [7, 11) is 0. The molecule has 3 rings (SSSR count). The van der Waals surface area contributed by atoms with E-state index in [9.17, 15) is 9.59 Å². The largest absolute Gasteiger partial charge is 0.356 e. The first-order valence-corrected chi connectivity index (χ1v) is 9.47. The van der Waals surface area contributed by atoms with E-state index in [0.29, 0.717) is 13.1 Å². The van der Waals surface area contributed by atoms with Gasteiger partial charge in [-0.1, -0.05) is 60.7 Å². The summed E-state index contributed by atoms with van der Waals surface area (Å²) >= 11 is 0. The van der Waals surface area contributed by atoms with Gasteiger partial charge in [-0.25, -0.2) is 0 Å².